The molecule has 0 saturated carbocycles. The van der Waals surface area contributed by atoms with Gasteiger partial charge in [0.25, 0.3) is 0 Å². The molecule has 0 fully saturated rings. The van der Waals surface area contributed by atoms with E-state index in [1.54, 1.807) is 12.6 Å². The summed E-state index contributed by atoms with van der Waals surface area (Å²) in [6, 6.07) is 5.95. The molecule has 0 bridgehead atoms. The highest BCUT2D eigenvalue weighted by Crippen LogP contribution is 2.22. The van der Waals surface area contributed by atoms with Gasteiger partial charge in [-0.1, -0.05) is 0 Å². The van der Waals surface area contributed by atoms with E-state index in [0.717, 1.165) is 22.0 Å². The summed E-state index contributed by atoms with van der Waals surface area (Å²) in [5.74, 6) is 0. The molecular weight excluding hydrogens is 152 g/mol. The van der Waals surface area contributed by atoms with Crippen molar-refractivity contribution in [2.75, 3.05) is 0 Å². The fourth-order valence-corrected chi connectivity index (χ4v) is 1.43. The van der Waals surface area contributed by atoms with Gasteiger partial charge in [0.05, 0.1) is 18.1 Å². The molecule has 0 aliphatic heterocycles. The second kappa shape index (κ2) is 1.88. The topological polar surface area (TPSA) is 41.8 Å². The SMILES string of the molecule is c1nc2c(ccc3ccoc32)[nH]1. The Kier molecular flexibility index (Phi) is 0.913. The third-order valence-electron chi connectivity index (χ3n) is 2.01. The molecule has 3 rings (SSSR count). The molecule has 3 aromatic rings. The molecule has 1 aromatic carbocycles. The highest BCUT2D eigenvalue weighted by molar-refractivity contribution is 6.00. The molecular formula is C9H6N2O. The van der Waals surface area contributed by atoms with Gasteiger partial charge in [-0.25, -0.2) is 4.98 Å². The number of H-pyrrole nitrogens is 1. The van der Waals surface area contributed by atoms with E-state index in [-0.39, 0.29) is 0 Å². The Hall–Kier alpha value is -1.77. The molecule has 2 heterocycles. The van der Waals surface area contributed by atoms with Crippen molar-refractivity contribution in [3.05, 3.63) is 30.8 Å². The second-order valence-corrected chi connectivity index (χ2v) is 2.70. The zero-order chi connectivity index (χ0) is 7.97. The van der Waals surface area contributed by atoms with Crippen molar-refractivity contribution < 1.29 is 4.42 Å². The number of nitrogens with one attached hydrogen (secondary N) is 1. The van der Waals surface area contributed by atoms with Gasteiger partial charge in [0.1, 0.15) is 5.52 Å². The Morgan fingerprint density at radius 1 is 1.25 bits per heavy atom. The average Bonchev–Trinajstić information content (AvgIpc) is 2.71. The Morgan fingerprint density at radius 2 is 2.25 bits per heavy atom. The fourth-order valence-electron chi connectivity index (χ4n) is 1.43. The number of aromatic nitrogens is 2. The number of imidazole rings is 1. The van der Waals surface area contributed by atoms with Crippen LogP contribution in [0.1, 0.15) is 0 Å². The van der Waals surface area contributed by atoms with Crippen molar-refractivity contribution in [2.45, 2.75) is 0 Å². The quantitative estimate of drug-likeness (QED) is 0.545. The van der Waals surface area contributed by atoms with Crippen LogP contribution in [0.3, 0.4) is 0 Å². The molecule has 0 saturated heterocycles. The van der Waals surface area contributed by atoms with Crippen molar-refractivity contribution in [3.8, 4) is 0 Å². The Morgan fingerprint density at radius 3 is 3.25 bits per heavy atom. The lowest BCUT2D eigenvalue weighted by Crippen LogP contribution is -1.69. The summed E-state index contributed by atoms with van der Waals surface area (Å²) in [7, 11) is 0. The van der Waals surface area contributed by atoms with E-state index in [4.69, 9.17) is 4.42 Å². The molecule has 58 valence electrons. The third kappa shape index (κ3) is 0.580. The number of benzene rings is 1. The lowest BCUT2D eigenvalue weighted by atomic mass is 10.2. The van der Waals surface area contributed by atoms with Gasteiger partial charge < -0.3 is 9.40 Å². The maximum atomic E-state index is 5.31. The first-order valence-corrected chi connectivity index (χ1v) is 3.74. The number of hydrogen-bond acceptors (Lipinski definition) is 2. The van der Waals surface area contributed by atoms with E-state index >= 15 is 0 Å². The minimum atomic E-state index is 0.855. The normalized spacial score (nSPS) is 11.3. The van der Waals surface area contributed by atoms with Crippen LogP contribution in [0.5, 0.6) is 0 Å². The van der Waals surface area contributed by atoms with Crippen LogP contribution in [-0.4, -0.2) is 9.97 Å². The maximum Gasteiger partial charge on any atom is 0.161 e. The molecule has 1 N–H and O–H groups in total. The van der Waals surface area contributed by atoms with Crippen LogP contribution in [0.25, 0.3) is 22.0 Å². The second-order valence-electron chi connectivity index (χ2n) is 2.70. The van der Waals surface area contributed by atoms with E-state index in [0.29, 0.717) is 0 Å². The van der Waals surface area contributed by atoms with E-state index in [2.05, 4.69) is 9.97 Å². The highest BCUT2D eigenvalue weighted by atomic mass is 16.3. The molecule has 0 unspecified atom stereocenters. The Balaban J connectivity index is 2.71. The van der Waals surface area contributed by atoms with Gasteiger partial charge >= 0.3 is 0 Å². The average molecular weight is 158 g/mol. The van der Waals surface area contributed by atoms with Crippen molar-refractivity contribution in [3.63, 3.8) is 0 Å². The molecule has 0 radical (unpaired) electrons. The molecule has 0 spiro atoms. The monoisotopic (exact) mass is 158 g/mol. The van der Waals surface area contributed by atoms with Crippen LogP contribution in [0.4, 0.5) is 0 Å². The van der Waals surface area contributed by atoms with Crippen LogP contribution < -0.4 is 0 Å². The summed E-state index contributed by atoms with van der Waals surface area (Å²) in [5, 5.41) is 1.09. The van der Waals surface area contributed by atoms with Crippen molar-refractivity contribution in [1.29, 1.82) is 0 Å². The third-order valence-corrected chi connectivity index (χ3v) is 2.01. The van der Waals surface area contributed by atoms with Crippen LogP contribution in [-0.2, 0) is 0 Å². The van der Waals surface area contributed by atoms with Gasteiger partial charge in [-0.2, -0.15) is 0 Å². The molecule has 0 aliphatic carbocycles. The number of hydrogen-bond donors (Lipinski definition) is 1. The minimum absolute atomic E-state index is 0.855. The Labute approximate surface area is 68.0 Å². The molecule has 3 heteroatoms. The van der Waals surface area contributed by atoms with Crippen molar-refractivity contribution in [1.82, 2.24) is 9.97 Å². The predicted molar refractivity (Wildman–Crippen MR) is 45.9 cm³/mol. The summed E-state index contributed by atoms with van der Waals surface area (Å²) in [5.41, 5.74) is 2.77. The van der Waals surface area contributed by atoms with Crippen LogP contribution in [0.15, 0.2) is 35.2 Å². The summed E-state index contributed by atoms with van der Waals surface area (Å²) in [6.45, 7) is 0. The molecule has 0 amide bonds. The number of nitrogens with zero attached hydrogens (tertiary/aromatic N) is 1. The van der Waals surface area contributed by atoms with Gasteiger partial charge in [0.2, 0.25) is 0 Å². The number of aromatic amines is 1. The number of furan rings is 1. The van der Waals surface area contributed by atoms with Crippen LogP contribution in [0, 0.1) is 0 Å². The van der Waals surface area contributed by atoms with Crippen LogP contribution >= 0.6 is 0 Å². The molecule has 0 aliphatic rings. The first-order chi connectivity index (χ1) is 5.95. The molecule has 2 aromatic heterocycles. The lowest BCUT2D eigenvalue weighted by molar-refractivity contribution is 0.618. The molecule has 3 nitrogen and oxygen atoms in total. The smallest absolute Gasteiger partial charge is 0.161 e. The van der Waals surface area contributed by atoms with Crippen LogP contribution in [0.2, 0.25) is 0 Å². The minimum Gasteiger partial charge on any atom is -0.462 e. The first kappa shape index (κ1) is 5.83. The largest absolute Gasteiger partial charge is 0.462 e. The zero-order valence-electron chi connectivity index (χ0n) is 6.24. The van der Waals surface area contributed by atoms with Gasteiger partial charge in [-0.15, -0.1) is 0 Å². The molecule has 12 heavy (non-hydrogen) atoms. The zero-order valence-corrected chi connectivity index (χ0v) is 6.24. The summed E-state index contributed by atoms with van der Waals surface area (Å²) in [6.07, 6.45) is 3.35. The standard InChI is InChI=1S/C9H6N2O/c1-2-7-8(11-5-10-7)9-6(1)3-4-12-9/h1-5H,(H,10,11). The summed E-state index contributed by atoms with van der Waals surface area (Å²) in [4.78, 5) is 7.20. The number of rotatable bonds is 0. The first-order valence-electron chi connectivity index (χ1n) is 3.74. The summed E-state index contributed by atoms with van der Waals surface area (Å²) >= 11 is 0. The maximum absolute atomic E-state index is 5.31. The fraction of sp³-hybridized carbons (Fsp3) is 0. The van der Waals surface area contributed by atoms with Crippen molar-refractivity contribution >= 4 is 22.0 Å². The lowest BCUT2D eigenvalue weighted by Gasteiger charge is -1.88. The highest BCUT2D eigenvalue weighted by Gasteiger charge is 2.03. The van der Waals surface area contributed by atoms with Gasteiger partial charge in [-0.3, -0.25) is 0 Å². The van der Waals surface area contributed by atoms with Crippen molar-refractivity contribution in [2.24, 2.45) is 0 Å². The number of fused-ring (bicyclic) bond motifs is 3. The Bertz CT molecular complexity index is 486. The predicted octanol–water partition coefficient (Wildman–Crippen LogP) is 2.31. The van der Waals surface area contributed by atoms with E-state index in [1.165, 1.54) is 0 Å². The van der Waals surface area contributed by atoms with E-state index in [1.807, 2.05) is 18.2 Å². The van der Waals surface area contributed by atoms with E-state index < -0.39 is 0 Å². The molecule has 0 atom stereocenters. The summed E-state index contributed by atoms with van der Waals surface area (Å²) < 4.78 is 5.31. The van der Waals surface area contributed by atoms with Gasteiger partial charge in [-0.05, 0) is 18.2 Å². The van der Waals surface area contributed by atoms with E-state index in [9.17, 15) is 0 Å². The van der Waals surface area contributed by atoms with Gasteiger partial charge in [0, 0.05) is 5.39 Å². The van der Waals surface area contributed by atoms with Gasteiger partial charge in [0.15, 0.2) is 5.58 Å².